The van der Waals surface area contributed by atoms with Gasteiger partial charge in [-0.3, -0.25) is 0 Å². The lowest BCUT2D eigenvalue weighted by atomic mass is 9.93. The zero-order chi connectivity index (χ0) is 18.1. The van der Waals surface area contributed by atoms with Crippen LogP contribution >= 0.6 is 0 Å². The molecule has 1 aliphatic rings. The number of benzene rings is 1. The Bertz CT molecular complexity index is 545. The van der Waals surface area contributed by atoms with Crippen molar-refractivity contribution in [2.24, 2.45) is 4.99 Å². The smallest absolute Gasteiger partial charge is 0.191 e. The van der Waals surface area contributed by atoms with E-state index in [9.17, 15) is 9.50 Å². The zero-order valence-corrected chi connectivity index (χ0v) is 15.2. The first kappa shape index (κ1) is 19.5. The molecule has 140 valence electrons. The van der Waals surface area contributed by atoms with E-state index < -0.39 is 0 Å². The number of hydrogen-bond acceptors (Lipinski definition) is 3. The molecule has 2 rings (SSSR count). The Labute approximate surface area is 149 Å². The molecule has 6 heteroatoms. The minimum Gasteiger partial charge on any atom is -0.485 e. The van der Waals surface area contributed by atoms with E-state index >= 15 is 0 Å². The lowest BCUT2D eigenvalue weighted by Gasteiger charge is -2.28. The van der Waals surface area contributed by atoms with Crippen molar-refractivity contribution in [1.82, 2.24) is 10.6 Å². The number of aliphatic hydroxyl groups excluding tert-OH is 1. The van der Waals surface area contributed by atoms with Crippen molar-refractivity contribution in [1.29, 1.82) is 0 Å². The van der Waals surface area contributed by atoms with E-state index in [1.54, 1.807) is 18.2 Å². The number of ether oxygens (including phenoxy) is 1. The van der Waals surface area contributed by atoms with Crippen molar-refractivity contribution in [3.05, 3.63) is 30.1 Å². The maximum absolute atomic E-state index is 13.7. The Morgan fingerprint density at radius 2 is 2.00 bits per heavy atom. The van der Waals surface area contributed by atoms with Gasteiger partial charge in [0.2, 0.25) is 0 Å². The Morgan fingerprint density at radius 3 is 2.64 bits per heavy atom. The summed E-state index contributed by atoms with van der Waals surface area (Å²) in [6.07, 6.45) is 3.92. The van der Waals surface area contributed by atoms with Crippen molar-refractivity contribution in [3.8, 4) is 5.75 Å². The van der Waals surface area contributed by atoms with E-state index in [-0.39, 0.29) is 23.8 Å². The highest BCUT2D eigenvalue weighted by atomic mass is 19.1. The number of nitrogens with zero attached hydrogens (tertiary/aromatic N) is 1. The van der Waals surface area contributed by atoms with E-state index in [0.717, 1.165) is 44.6 Å². The lowest BCUT2D eigenvalue weighted by Crippen LogP contribution is -2.45. The summed E-state index contributed by atoms with van der Waals surface area (Å²) in [6.45, 7) is 5.25. The van der Waals surface area contributed by atoms with E-state index in [1.165, 1.54) is 6.07 Å². The van der Waals surface area contributed by atoms with E-state index in [0.29, 0.717) is 12.6 Å². The summed E-state index contributed by atoms with van der Waals surface area (Å²) in [5.74, 6) is 0.666. The quantitative estimate of drug-likeness (QED) is 0.522. The second-order valence-electron chi connectivity index (χ2n) is 6.45. The highest BCUT2D eigenvalue weighted by Gasteiger charge is 2.20. The van der Waals surface area contributed by atoms with Gasteiger partial charge in [-0.2, -0.15) is 0 Å². The van der Waals surface area contributed by atoms with Gasteiger partial charge in [0.25, 0.3) is 0 Å². The van der Waals surface area contributed by atoms with Gasteiger partial charge < -0.3 is 20.5 Å². The van der Waals surface area contributed by atoms with Crippen LogP contribution in [0.25, 0.3) is 0 Å². The molecule has 0 amide bonds. The molecule has 1 aliphatic carbocycles. The molecule has 0 aromatic heterocycles. The van der Waals surface area contributed by atoms with Gasteiger partial charge in [0.15, 0.2) is 17.5 Å². The molecule has 0 bridgehead atoms. The summed E-state index contributed by atoms with van der Waals surface area (Å²) in [4.78, 5) is 4.61. The van der Waals surface area contributed by atoms with Crippen LogP contribution in [0.2, 0.25) is 0 Å². The van der Waals surface area contributed by atoms with E-state index in [4.69, 9.17) is 4.74 Å². The van der Waals surface area contributed by atoms with Crippen LogP contribution in [-0.2, 0) is 0 Å². The topological polar surface area (TPSA) is 65.9 Å². The first-order chi connectivity index (χ1) is 12.1. The van der Waals surface area contributed by atoms with Gasteiger partial charge >= 0.3 is 0 Å². The third kappa shape index (κ3) is 6.53. The number of guanidine groups is 1. The minimum atomic E-state index is -0.351. The molecule has 1 saturated carbocycles. The molecule has 0 radical (unpaired) electrons. The van der Waals surface area contributed by atoms with Crippen LogP contribution in [0.5, 0.6) is 5.75 Å². The van der Waals surface area contributed by atoms with Crippen molar-refractivity contribution >= 4 is 5.96 Å². The van der Waals surface area contributed by atoms with E-state index in [2.05, 4.69) is 15.6 Å². The second kappa shape index (κ2) is 10.2. The summed E-state index contributed by atoms with van der Waals surface area (Å²) in [7, 11) is 0. The van der Waals surface area contributed by atoms with Crippen molar-refractivity contribution in [2.75, 3.05) is 13.1 Å². The second-order valence-corrected chi connectivity index (χ2v) is 6.45. The molecular weight excluding hydrogens is 321 g/mol. The fourth-order valence-electron chi connectivity index (χ4n) is 2.90. The largest absolute Gasteiger partial charge is 0.485 e. The van der Waals surface area contributed by atoms with Gasteiger partial charge in [0, 0.05) is 12.6 Å². The maximum atomic E-state index is 13.7. The number of para-hydroxylation sites is 1. The van der Waals surface area contributed by atoms with Gasteiger partial charge in [0.05, 0.1) is 12.6 Å². The number of halogens is 1. The predicted octanol–water partition coefficient (Wildman–Crippen LogP) is 2.84. The van der Waals surface area contributed by atoms with Crippen molar-refractivity contribution in [2.45, 2.75) is 64.2 Å². The van der Waals surface area contributed by atoms with Crippen LogP contribution in [0.15, 0.2) is 29.3 Å². The molecule has 0 saturated heterocycles. The molecular formula is C19H30FN3O2. The van der Waals surface area contributed by atoms with Crippen molar-refractivity contribution < 1.29 is 14.2 Å². The number of aliphatic imine (C=N–C) groups is 1. The average molecular weight is 351 g/mol. The van der Waals surface area contributed by atoms with Gasteiger partial charge in [-0.05, 0) is 51.2 Å². The van der Waals surface area contributed by atoms with Gasteiger partial charge in [-0.1, -0.05) is 19.1 Å². The third-order valence-corrected chi connectivity index (χ3v) is 4.42. The highest BCUT2D eigenvalue weighted by molar-refractivity contribution is 5.80. The number of rotatable bonds is 7. The van der Waals surface area contributed by atoms with Crippen molar-refractivity contribution in [3.63, 3.8) is 0 Å². The number of aliphatic hydroxyl groups is 1. The Hall–Kier alpha value is -1.82. The molecule has 0 heterocycles. The monoisotopic (exact) mass is 351 g/mol. The van der Waals surface area contributed by atoms with Crippen LogP contribution in [0.3, 0.4) is 0 Å². The molecule has 1 fully saturated rings. The molecule has 1 aromatic carbocycles. The molecule has 5 nitrogen and oxygen atoms in total. The van der Waals surface area contributed by atoms with Crippen LogP contribution in [0.1, 0.15) is 46.0 Å². The Morgan fingerprint density at radius 1 is 1.28 bits per heavy atom. The Balaban J connectivity index is 1.92. The zero-order valence-electron chi connectivity index (χ0n) is 15.2. The highest BCUT2D eigenvalue weighted by Crippen LogP contribution is 2.19. The number of hydrogen-bond donors (Lipinski definition) is 3. The summed E-state index contributed by atoms with van der Waals surface area (Å²) in [5.41, 5.74) is 0. The standard InChI is InChI=1S/C19H30FN3O2/c1-3-16(25-18-8-6-5-7-17(18)20)13-22-19(21-4-2)23-14-9-11-15(24)12-10-14/h5-8,14-16,24H,3-4,9-13H2,1-2H3,(H2,21,22,23). The molecule has 0 aliphatic heterocycles. The summed E-state index contributed by atoms with van der Waals surface area (Å²) >= 11 is 0. The number of nitrogens with one attached hydrogen (secondary N) is 2. The average Bonchev–Trinajstić information content (AvgIpc) is 2.62. The SMILES string of the molecule is CCNC(=NCC(CC)Oc1ccccc1F)NC1CCC(O)CC1. The summed E-state index contributed by atoms with van der Waals surface area (Å²) in [5, 5.41) is 16.3. The first-order valence-electron chi connectivity index (χ1n) is 9.26. The normalized spacial score (nSPS) is 22.3. The maximum Gasteiger partial charge on any atom is 0.191 e. The third-order valence-electron chi connectivity index (χ3n) is 4.42. The van der Waals surface area contributed by atoms with Gasteiger partial charge in [0.1, 0.15) is 6.10 Å². The minimum absolute atomic E-state index is 0.170. The first-order valence-corrected chi connectivity index (χ1v) is 9.26. The molecule has 0 spiro atoms. The van der Waals surface area contributed by atoms with E-state index in [1.807, 2.05) is 13.8 Å². The summed E-state index contributed by atoms with van der Waals surface area (Å²) < 4.78 is 19.5. The van der Waals surface area contributed by atoms with Crippen LogP contribution in [0, 0.1) is 5.82 Å². The van der Waals surface area contributed by atoms with Crippen LogP contribution < -0.4 is 15.4 Å². The fraction of sp³-hybridized carbons (Fsp3) is 0.632. The summed E-state index contributed by atoms with van der Waals surface area (Å²) in [6, 6.07) is 6.77. The van der Waals surface area contributed by atoms with Gasteiger partial charge in [-0.15, -0.1) is 0 Å². The predicted molar refractivity (Wildman–Crippen MR) is 98.5 cm³/mol. The van der Waals surface area contributed by atoms with Gasteiger partial charge in [-0.25, -0.2) is 9.38 Å². The molecule has 1 atom stereocenters. The Kier molecular flexibility index (Phi) is 7.98. The molecule has 1 unspecified atom stereocenters. The van der Waals surface area contributed by atoms with Crippen LogP contribution in [-0.4, -0.2) is 42.4 Å². The fourth-order valence-corrected chi connectivity index (χ4v) is 2.90. The van der Waals surface area contributed by atoms with Crippen LogP contribution in [0.4, 0.5) is 4.39 Å². The molecule has 3 N–H and O–H groups in total. The lowest BCUT2D eigenvalue weighted by molar-refractivity contribution is 0.120. The molecule has 1 aromatic rings. The molecule has 25 heavy (non-hydrogen) atoms.